The van der Waals surface area contributed by atoms with Gasteiger partial charge in [-0.15, -0.1) is 0 Å². The largest absolute Gasteiger partial charge is 0.451 e. The van der Waals surface area contributed by atoms with E-state index in [4.69, 9.17) is 21.1 Å². The number of ether oxygens (including phenoxy) is 2. The monoisotopic (exact) mass is 377 g/mol. The molecular weight excluding hydrogens is 362 g/mol. The van der Waals surface area contributed by atoms with Crippen LogP contribution >= 0.6 is 11.6 Å². The van der Waals surface area contributed by atoms with Crippen molar-refractivity contribution in [3.63, 3.8) is 0 Å². The maximum absolute atomic E-state index is 12.1. The van der Waals surface area contributed by atoms with Crippen LogP contribution in [0.15, 0.2) is 18.2 Å². The summed E-state index contributed by atoms with van der Waals surface area (Å²) >= 11 is 5.90. The lowest BCUT2D eigenvalue weighted by molar-refractivity contribution is -0.384. The van der Waals surface area contributed by atoms with Gasteiger partial charge in [-0.25, -0.2) is 0 Å². The van der Waals surface area contributed by atoms with Crippen LogP contribution in [-0.2, 0) is 9.53 Å². The van der Waals surface area contributed by atoms with Crippen LogP contribution in [-0.4, -0.2) is 67.9 Å². The highest BCUT2D eigenvalue weighted by atomic mass is 35.5. The van der Waals surface area contributed by atoms with Crippen LogP contribution in [0.5, 0.6) is 5.75 Å². The molecule has 0 spiro atoms. The normalized spacial score (nSPS) is 32.2. The maximum atomic E-state index is 12.1. The molecule has 0 unspecified atom stereocenters. The van der Waals surface area contributed by atoms with Gasteiger partial charge in [-0.05, 0) is 6.07 Å². The van der Waals surface area contributed by atoms with E-state index in [1.54, 1.807) is 0 Å². The molecule has 2 rings (SSSR count). The van der Waals surface area contributed by atoms with Gasteiger partial charge < -0.3 is 29.9 Å². The second kappa shape index (κ2) is 7.20. The van der Waals surface area contributed by atoms with Crippen molar-refractivity contribution in [2.45, 2.75) is 37.1 Å². The van der Waals surface area contributed by atoms with Crippen molar-refractivity contribution in [2.75, 3.05) is 6.61 Å². The van der Waals surface area contributed by atoms with Crippen molar-refractivity contribution in [1.82, 2.24) is 0 Å². The topological polar surface area (TPSA) is 160 Å². The van der Waals surface area contributed by atoms with Crippen LogP contribution in [0.25, 0.3) is 0 Å². The Hall–Kier alpha value is -1.82. The van der Waals surface area contributed by atoms with Gasteiger partial charge in [0.2, 0.25) is 5.78 Å². The Kier molecular flexibility index (Phi) is 5.62. The highest BCUT2D eigenvalue weighted by Crippen LogP contribution is 2.37. The number of carbonyl (C=O) groups is 1. The van der Waals surface area contributed by atoms with Gasteiger partial charge in [0.05, 0.1) is 16.6 Å². The van der Waals surface area contributed by atoms with Gasteiger partial charge in [-0.2, -0.15) is 0 Å². The van der Waals surface area contributed by atoms with Gasteiger partial charge in [0.15, 0.2) is 6.10 Å². The smallest absolute Gasteiger partial charge is 0.299 e. The first-order chi connectivity index (χ1) is 11.6. The zero-order chi connectivity index (χ0) is 18.9. The van der Waals surface area contributed by atoms with Crippen molar-refractivity contribution in [3.8, 4) is 5.75 Å². The first-order valence-electron chi connectivity index (χ1n) is 7.11. The molecule has 0 saturated carbocycles. The number of rotatable bonds is 5. The third-order valence-corrected chi connectivity index (χ3v) is 4.12. The average molecular weight is 378 g/mol. The number of ketones is 1. The molecule has 11 heteroatoms. The van der Waals surface area contributed by atoms with E-state index in [2.05, 4.69) is 0 Å². The lowest BCUT2D eigenvalue weighted by Crippen LogP contribution is -2.70. The van der Waals surface area contributed by atoms with Gasteiger partial charge in [0.1, 0.15) is 24.1 Å². The summed E-state index contributed by atoms with van der Waals surface area (Å²) < 4.78 is 10.6. The summed E-state index contributed by atoms with van der Waals surface area (Å²) in [5.41, 5.74) is -0.331. The average Bonchev–Trinajstić information content (AvgIpc) is 2.56. The van der Waals surface area contributed by atoms with Crippen LogP contribution in [0, 0.1) is 10.1 Å². The molecule has 4 N–H and O–H groups in total. The Morgan fingerprint density at radius 2 is 2.04 bits per heavy atom. The summed E-state index contributed by atoms with van der Waals surface area (Å²) in [5, 5.41) is 49.7. The van der Waals surface area contributed by atoms with Crippen LogP contribution < -0.4 is 4.74 Å². The fourth-order valence-electron chi connectivity index (χ4n) is 2.44. The molecule has 10 nitrogen and oxygen atoms in total. The van der Waals surface area contributed by atoms with E-state index in [0.717, 1.165) is 25.1 Å². The minimum atomic E-state index is -2.47. The summed E-state index contributed by atoms with van der Waals surface area (Å²) in [6.07, 6.45) is -6.94. The number of non-ortho nitro benzene ring substituents is 1. The summed E-state index contributed by atoms with van der Waals surface area (Å²) in [7, 11) is 0. The number of aliphatic hydroxyl groups is 4. The summed E-state index contributed by atoms with van der Waals surface area (Å²) in [6, 6.07) is 3.11. The zero-order valence-corrected chi connectivity index (χ0v) is 13.7. The molecule has 0 radical (unpaired) electrons. The zero-order valence-electron chi connectivity index (χ0n) is 12.9. The summed E-state index contributed by atoms with van der Waals surface area (Å²) in [5.74, 6) is -3.58. The van der Waals surface area contributed by atoms with E-state index >= 15 is 0 Å². The number of nitro benzene ring substituents is 1. The number of benzene rings is 1. The molecule has 0 bridgehead atoms. The second-order valence-corrected chi connectivity index (χ2v) is 5.87. The molecule has 1 aromatic rings. The first kappa shape index (κ1) is 19.5. The third kappa shape index (κ3) is 3.45. The number of Topliss-reactive ketones (excluding diaryl/α,β-unsaturated/α-hetero) is 1. The quantitative estimate of drug-likeness (QED) is 0.387. The van der Waals surface area contributed by atoms with Gasteiger partial charge in [0, 0.05) is 19.1 Å². The maximum Gasteiger partial charge on any atom is 0.299 e. The Labute approximate surface area is 146 Å². The molecule has 0 aliphatic carbocycles. The second-order valence-electron chi connectivity index (χ2n) is 5.46. The third-order valence-electron chi connectivity index (χ3n) is 3.83. The number of hydrogen-bond donors (Lipinski definition) is 4. The molecule has 1 aliphatic heterocycles. The predicted molar refractivity (Wildman–Crippen MR) is 82.1 cm³/mol. The first-order valence-corrected chi connectivity index (χ1v) is 7.48. The lowest BCUT2D eigenvalue weighted by atomic mass is 9.90. The molecule has 1 saturated heterocycles. The standard InChI is InChI=1S/C14H16ClNO9/c1-6(18)14(13(21)12(20)11(19)10(5-17)25-14)24-9-3-2-7(16(22)23)4-8(9)15/h2-4,10-13,17,19-21H,5H2,1H3/t10-,11-,12+,13-,14-/m1/s1. The summed E-state index contributed by atoms with van der Waals surface area (Å²) in [4.78, 5) is 22.1. The van der Waals surface area contributed by atoms with Gasteiger partial charge in [-0.3, -0.25) is 14.9 Å². The minimum absolute atomic E-state index is 0.234. The predicted octanol–water partition coefficient (Wildman–Crippen LogP) is -0.614. The lowest BCUT2D eigenvalue weighted by Gasteiger charge is -2.46. The van der Waals surface area contributed by atoms with E-state index in [1.807, 2.05) is 0 Å². The molecule has 138 valence electrons. The molecule has 1 fully saturated rings. The Morgan fingerprint density at radius 1 is 1.40 bits per heavy atom. The van der Waals surface area contributed by atoms with Gasteiger partial charge in [0.25, 0.3) is 11.5 Å². The number of aliphatic hydroxyl groups excluding tert-OH is 4. The Bertz CT molecular complexity index is 682. The number of hydrogen-bond acceptors (Lipinski definition) is 9. The SMILES string of the molecule is CC(=O)[C@@]1(Oc2ccc([N+](=O)[O-])cc2Cl)O[C@H](CO)[C@@H](O)[C@H](O)[C@H]1O. The Balaban J connectivity index is 2.44. The van der Waals surface area contributed by atoms with Crippen LogP contribution in [0.2, 0.25) is 5.02 Å². The van der Waals surface area contributed by atoms with Crippen LogP contribution in [0.4, 0.5) is 5.69 Å². The highest BCUT2D eigenvalue weighted by Gasteiger charge is 2.58. The van der Waals surface area contributed by atoms with Crippen LogP contribution in [0.3, 0.4) is 0 Å². The minimum Gasteiger partial charge on any atom is -0.451 e. The molecule has 1 aliphatic rings. The van der Waals surface area contributed by atoms with Gasteiger partial charge >= 0.3 is 0 Å². The molecule has 0 amide bonds. The molecule has 1 aromatic carbocycles. The van der Waals surface area contributed by atoms with Crippen molar-refractivity contribution >= 4 is 23.1 Å². The van der Waals surface area contributed by atoms with E-state index in [9.17, 15) is 35.3 Å². The molecule has 1 heterocycles. The van der Waals surface area contributed by atoms with E-state index in [-0.39, 0.29) is 16.5 Å². The fourth-order valence-corrected chi connectivity index (χ4v) is 2.65. The van der Waals surface area contributed by atoms with E-state index in [1.165, 1.54) is 0 Å². The van der Waals surface area contributed by atoms with E-state index in [0.29, 0.717) is 0 Å². The number of nitrogens with zero attached hydrogens (tertiary/aromatic N) is 1. The molecule has 5 atom stereocenters. The highest BCUT2D eigenvalue weighted by molar-refractivity contribution is 6.32. The molecule has 25 heavy (non-hydrogen) atoms. The number of halogens is 1. The Morgan fingerprint density at radius 3 is 2.52 bits per heavy atom. The van der Waals surface area contributed by atoms with Crippen molar-refractivity contribution in [1.29, 1.82) is 0 Å². The van der Waals surface area contributed by atoms with Crippen molar-refractivity contribution < 1.29 is 39.6 Å². The van der Waals surface area contributed by atoms with Crippen molar-refractivity contribution in [2.24, 2.45) is 0 Å². The fraction of sp³-hybridized carbons (Fsp3) is 0.500. The number of nitro groups is 1. The van der Waals surface area contributed by atoms with Crippen LogP contribution in [0.1, 0.15) is 6.92 Å². The van der Waals surface area contributed by atoms with Gasteiger partial charge in [-0.1, -0.05) is 11.6 Å². The molecular formula is C14H16ClNO9. The number of carbonyl (C=O) groups excluding carboxylic acids is 1. The molecule has 0 aromatic heterocycles. The van der Waals surface area contributed by atoms with E-state index < -0.39 is 47.5 Å². The van der Waals surface area contributed by atoms with Crippen molar-refractivity contribution in [3.05, 3.63) is 33.3 Å². The summed E-state index contributed by atoms with van der Waals surface area (Å²) in [6.45, 7) is 0.235.